The largest absolute Gasteiger partial charge is 0.325 e. The van der Waals surface area contributed by atoms with E-state index in [1.165, 1.54) is 16.3 Å². The second-order valence-electron chi connectivity index (χ2n) is 7.40. The topological polar surface area (TPSA) is 76.9 Å². The molecular weight excluding hydrogens is 408 g/mol. The fraction of sp³-hybridized carbons (Fsp3) is 0.167. The number of anilines is 1. The lowest BCUT2D eigenvalue weighted by Gasteiger charge is -2.13. The van der Waals surface area contributed by atoms with Gasteiger partial charge in [0.1, 0.15) is 5.82 Å². The van der Waals surface area contributed by atoms with Gasteiger partial charge in [-0.05, 0) is 61.7 Å². The van der Waals surface area contributed by atoms with Crippen LogP contribution >= 0.6 is 11.8 Å². The quantitative estimate of drug-likeness (QED) is 0.374. The third-order valence-electron chi connectivity index (χ3n) is 4.87. The molecule has 0 radical (unpaired) electrons. The molecule has 0 fully saturated rings. The smallest absolute Gasteiger partial charge is 0.267 e. The number of amides is 1. The van der Waals surface area contributed by atoms with Crippen molar-refractivity contribution in [3.63, 3.8) is 0 Å². The molecule has 0 atom stereocenters. The molecular formula is C24H22N4O2S. The predicted molar refractivity (Wildman–Crippen MR) is 125 cm³/mol. The Kier molecular flexibility index (Phi) is 5.86. The van der Waals surface area contributed by atoms with Gasteiger partial charge in [0.25, 0.3) is 5.56 Å². The Hall–Kier alpha value is -3.45. The van der Waals surface area contributed by atoms with Crippen LogP contribution in [0.2, 0.25) is 0 Å². The van der Waals surface area contributed by atoms with Gasteiger partial charge >= 0.3 is 0 Å². The monoisotopic (exact) mass is 430 g/mol. The van der Waals surface area contributed by atoms with Crippen LogP contribution in [0.1, 0.15) is 16.7 Å². The van der Waals surface area contributed by atoms with Crippen LogP contribution in [0.5, 0.6) is 0 Å². The number of fused-ring (bicyclic) bond motifs is 1. The van der Waals surface area contributed by atoms with Crippen LogP contribution in [0, 0.1) is 20.8 Å². The van der Waals surface area contributed by atoms with Gasteiger partial charge in [0, 0.05) is 11.9 Å². The maximum atomic E-state index is 13.2. The molecule has 2 aromatic carbocycles. The van der Waals surface area contributed by atoms with Crippen LogP contribution in [-0.4, -0.2) is 26.2 Å². The van der Waals surface area contributed by atoms with Crippen LogP contribution in [0.4, 0.5) is 5.69 Å². The average molecular weight is 431 g/mol. The molecule has 0 aliphatic carbocycles. The molecule has 0 aliphatic heterocycles. The first-order chi connectivity index (χ1) is 14.9. The fourth-order valence-electron chi connectivity index (χ4n) is 3.19. The van der Waals surface area contributed by atoms with Gasteiger partial charge in [-0.2, -0.15) is 0 Å². The van der Waals surface area contributed by atoms with Gasteiger partial charge in [0.15, 0.2) is 5.16 Å². The third kappa shape index (κ3) is 4.51. The molecule has 0 saturated heterocycles. The lowest BCUT2D eigenvalue weighted by atomic mass is 10.1. The van der Waals surface area contributed by atoms with Gasteiger partial charge in [0.05, 0.1) is 16.7 Å². The van der Waals surface area contributed by atoms with Crippen LogP contribution in [0.15, 0.2) is 70.7 Å². The zero-order valence-electron chi connectivity index (χ0n) is 17.5. The molecule has 2 aromatic heterocycles. The van der Waals surface area contributed by atoms with E-state index in [4.69, 9.17) is 0 Å². The van der Waals surface area contributed by atoms with Crippen molar-refractivity contribution in [2.24, 2.45) is 0 Å². The van der Waals surface area contributed by atoms with E-state index in [0.29, 0.717) is 21.9 Å². The number of rotatable bonds is 5. The average Bonchev–Trinajstić information content (AvgIpc) is 2.76. The Balaban J connectivity index is 1.67. The Bertz CT molecular complexity index is 1330. The Morgan fingerprint density at radius 3 is 2.58 bits per heavy atom. The van der Waals surface area contributed by atoms with Crippen molar-refractivity contribution < 1.29 is 4.79 Å². The highest BCUT2D eigenvalue weighted by atomic mass is 32.2. The minimum Gasteiger partial charge on any atom is -0.325 e. The van der Waals surface area contributed by atoms with E-state index in [9.17, 15) is 9.59 Å². The van der Waals surface area contributed by atoms with E-state index >= 15 is 0 Å². The molecule has 0 aliphatic rings. The SMILES string of the molecule is Cc1ccc(-n2c(SCC(=O)Nc3cc(C)ccc3C)nc3ccccc3c2=O)nc1. The van der Waals surface area contributed by atoms with Crippen LogP contribution in [-0.2, 0) is 4.79 Å². The normalized spacial score (nSPS) is 10.9. The highest BCUT2D eigenvalue weighted by Gasteiger charge is 2.16. The molecule has 0 bridgehead atoms. The molecule has 0 spiro atoms. The summed E-state index contributed by atoms with van der Waals surface area (Å²) in [5, 5.41) is 3.88. The molecule has 156 valence electrons. The second kappa shape index (κ2) is 8.73. The summed E-state index contributed by atoms with van der Waals surface area (Å²) < 4.78 is 1.47. The molecule has 31 heavy (non-hydrogen) atoms. The van der Waals surface area contributed by atoms with Crippen molar-refractivity contribution in [2.45, 2.75) is 25.9 Å². The molecule has 0 saturated carbocycles. The zero-order chi connectivity index (χ0) is 22.0. The van der Waals surface area contributed by atoms with Gasteiger partial charge in [0.2, 0.25) is 5.91 Å². The minimum atomic E-state index is -0.209. The maximum Gasteiger partial charge on any atom is 0.267 e. The Morgan fingerprint density at radius 1 is 1.03 bits per heavy atom. The number of aryl methyl sites for hydroxylation is 3. The molecule has 0 unspecified atom stereocenters. The van der Waals surface area contributed by atoms with Gasteiger partial charge < -0.3 is 5.32 Å². The second-order valence-corrected chi connectivity index (χ2v) is 8.34. The van der Waals surface area contributed by atoms with Crippen LogP contribution in [0.3, 0.4) is 0 Å². The van der Waals surface area contributed by atoms with Gasteiger partial charge in [-0.15, -0.1) is 0 Å². The van der Waals surface area contributed by atoms with Crippen molar-refractivity contribution >= 4 is 34.3 Å². The predicted octanol–water partition coefficient (Wildman–Crippen LogP) is 4.44. The van der Waals surface area contributed by atoms with Crippen LogP contribution in [0.25, 0.3) is 16.7 Å². The first-order valence-electron chi connectivity index (χ1n) is 9.87. The molecule has 7 heteroatoms. The highest BCUT2D eigenvalue weighted by Crippen LogP contribution is 2.22. The molecule has 1 N–H and O–H groups in total. The van der Waals surface area contributed by atoms with E-state index < -0.39 is 0 Å². The minimum absolute atomic E-state index is 0.115. The van der Waals surface area contributed by atoms with Crippen LogP contribution < -0.4 is 10.9 Å². The van der Waals surface area contributed by atoms with Gasteiger partial charge in [-0.25, -0.2) is 14.5 Å². The number of hydrogen-bond acceptors (Lipinski definition) is 5. The van der Waals surface area contributed by atoms with E-state index in [0.717, 1.165) is 22.4 Å². The lowest BCUT2D eigenvalue weighted by molar-refractivity contribution is -0.113. The number of carbonyl (C=O) groups excluding carboxylic acids is 1. The summed E-state index contributed by atoms with van der Waals surface area (Å²) in [6.45, 7) is 5.87. The van der Waals surface area contributed by atoms with E-state index in [1.807, 2.05) is 57.2 Å². The number of carbonyl (C=O) groups is 1. The lowest BCUT2D eigenvalue weighted by Crippen LogP contribution is -2.23. The first kappa shape index (κ1) is 20.8. The van der Waals surface area contributed by atoms with Crippen molar-refractivity contribution in [2.75, 3.05) is 11.1 Å². The summed E-state index contributed by atoms with van der Waals surface area (Å²) in [5.41, 5.74) is 4.23. The van der Waals surface area contributed by atoms with Gasteiger partial charge in [-0.3, -0.25) is 9.59 Å². The standard InChI is InChI=1S/C24H22N4O2S/c1-15-8-10-17(3)20(12-15)26-22(29)14-31-24-27-19-7-5-4-6-18(19)23(30)28(24)21-11-9-16(2)13-25-21/h4-13H,14H2,1-3H3,(H,26,29). The number of pyridine rings is 1. The molecule has 6 nitrogen and oxygen atoms in total. The Morgan fingerprint density at radius 2 is 1.81 bits per heavy atom. The van der Waals surface area contributed by atoms with E-state index in [2.05, 4.69) is 15.3 Å². The number of hydrogen-bond donors (Lipinski definition) is 1. The van der Waals surface area contributed by atoms with Crippen molar-refractivity contribution in [3.8, 4) is 5.82 Å². The number of benzene rings is 2. The van der Waals surface area contributed by atoms with E-state index in [1.54, 1.807) is 24.4 Å². The molecule has 2 heterocycles. The number of nitrogens with one attached hydrogen (secondary N) is 1. The summed E-state index contributed by atoms with van der Waals surface area (Å²) in [6.07, 6.45) is 1.71. The van der Waals surface area contributed by atoms with Gasteiger partial charge in [-0.1, -0.05) is 42.1 Å². The highest BCUT2D eigenvalue weighted by molar-refractivity contribution is 7.99. The first-order valence-corrected chi connectivity index (χ1v) is 10.9. The molecule has 4 rings (SSSR count). The summed E-state index contributed by atoms with van der Waals surface area (Å²) >= 11 is 1.21. The molecule has 4 aromatic rings. The number of nitrogens with zero attached hydrogens (tertiary/aromatic N) is 3. The summed E-state index contributed by atoms with van der Waals surface area (Å²) in [6, 6.07) is 16.8. The number of thioether (sulfide) groups is 1. The zero-order valence-corrected chi connectivity index (χ0v) is 18.4. The maximum absolute atomic E-state index is 13.2. The van der Waals surface area contributed by atoms with E-state index in [-0.39, 0.29) is 17.2 Å². The number of para-hydroxylation sites is 1. The van der Waals surface area contributed by atoms with Crippen molar-refractivity contribution in [1.29, 1.82) is 0 Å². The van der Waals surface area contributed by atoms with Crippen molar-refractivity contribution in [3.05, 3.63) is 87.8 Å². The Labute approximate surface area is 184 Å². The number of aromatic nitrogens is 3. The molecule has 1 amide bonds. The summed E-state index contributed by atoms with van der Waals surface area (Å²) in [4.78, 5) is 34.9. The third-order valence-corrected chi connectivity index (χ3v) is 5.81. The fourth-order valence-corrected chi connectivity index (χ4v) is 3.99. The summed E-state index contributed by atoms with van der Waals surface area (Å²) in [5.74, 6) is 0.431. The summed E-state index contributed by atoms with van der Waals surface area (Å²) in [7, 11) is 0. The van der Waals surface area contributed by atoms with Crippen molar-refractivity contribution in [1.82, 2.24) is 14.5 Å².